The highest BCUT2D eigenvalue weighted by Gasteiger charge is 2.33. The maximum Gasteiger partial charge on any atom is 0.239 e. The first-order chi connectivity index (χ1) is 9.72. The molecule has 20 heavy (non-hydrogen) atoms. The van der Waals surface area contributed by atoms with Crippen LogP contribution in [-0.2, 0) is 11.2 Å². The van der Waals surface area contributed by atoms with E-state index in [1.165, 1.54) is 5.56 Å². The zero-order valence-corrected chi connectivity index (χ0v) is 12.4. The van der Waals surface area contributed by atoms with Gasteiger partial charge in [0.05, 0.1) is 6.04 Å². The average molecular weight is 274 g/mol. The summed E-state index contributed by atoms with van der Waals surface area (Å²) in [6, 6.07) is 10.4. The SMILES string of the molecule is CCCCN(C(=O)C(N)CCc1ccccc1)C1CC1. The van der Waals surface area contributed by atoms with Crippen molar-refractivity contribution in [2.45, 2.75) is 57.5 Å². The molecule has 110 valence electrons. The first-order valence-electron chi connectivity index (χ1n) is 7.82. The molecule has 2 N–H and O–H groups in total. The first-order valence-corrected chi connectivity index (χ1v) is 7.82. The van der Waals surface area contributed by atoms with E-state index in [1.54, 1.807) is 0 Å². The van der Waals surface area contributed by atoms with Gasteiger partial charge in [-0.3, -0.25) is 4.79 Å². The second-order valence-electron chi connectivity index (χ2n) is 5.75. The fraction of sp³-hybridized carbons (Fsp3) is 0.588. The van der Waals surface area contributed by atoms with Gasteiger partial charge in [-0.25, -0.2) is 0 Å². The van der Waals surface area contributed by atoms with Gasteiger partial charge >= 0.3 is 0 Å². The van der Waals surface area contributed by atoms with Crippen LogP contribution in [0.15, 0.2) is 30.3 Å². The van der Waals surface area contributed by atoms with Crippen molar-refractivity contribution in [2.24, 2.45) is 5.73 Å². The van der Waals surface area contributed by atoms with Crippen LogP contribution in [0.25, 0.3) is 0 Å². The number of nitrogens with two attached hydrogens (primary N) is 1. The molecule has 1 saturated carbocycles. The maximum atomic E-state index is 12.5. The Hall–Kier alpha value is -1.35. The molecule has 0 aliphatic heterocycles. The summed E-state index contributed by atoms with van der Waals surface area (Å²) < 4.78 is 0. The van der Waals surface area contributed by atoms with E-state index >= 15 is 0 Å². The van der Waals surface area contributed by atoms with E-state index in [0.717, 1.165) is 45.1 Å². The molecule has 1 unspecified atom stereocenters. The van der Waals surface area contributed by atoms with Crippen molar-refractivity contribution in [3.05, 3.63) is 35.9 Å². The smallest absolute Gasteiger partial charge is 0.239 e. The summed E-state index contributed by atoms with van der Waals surface area (Å²) in [6.45, 7) is 3.03. The molecule has 0 bridgehead atoms. The fourth-order valence-corrected chi connectivity index (χ4v) is 2.49. The van der Waals surface area contributed by atoms with Crippen LogP contribution in [0.2, 0.25) is 0 Å². The van der Waals surface area contributed by atoms with Crippen LogP contribution < -0.4 is 5.73 Å². The van der Waals surface area contributed by atoms with Gasteiger partial charge in [-0.15, -0.1) is 0 Å². The second-order valence-corrected chi connectivity index (χ2v) is 5.75. The molecule has 2 rings (SSSR count). The maximum absolute atomic E-state index is 12.5. The third-order valence-corrected chi connectivity index (χ3v) is 3.93. The molecule has 1 atom stereocenters. The van der Waals surface area contributed by atoms with Gasteiger partial charge in [0.2, 0.25) is 5.91 Å². The highest BCUT2D eigenvalue weighted by Crippen LogP contribution is 2.27. The Bertz CT molecular complexity index is 414. The minimum atomic E-state index is -0.354. The molecule has 1 aliphatic rings. The van der Waals surface area contributed by atoms with E-state index in [-0.39, 0.29) is 11.9 Å². The molecule has 3 nitrogen and oxygen atoms in total. The number of aryl methyl sites for hydroxylation is 1. The highest BCUT2D eigenvalue weighted by molar-refractivity contribution is 5.82. The van der Waals surface area contributed by atoms with Crippen LogP contribution in [0.4, 0.5) is 0 Å². The standard InChI is InChI=1S/C17H26N2O/c1-2-3-13-19(15-10-11-15)17(20)16(18)12-9-14-7-5-4-6-8-14/h4-8,15-16H,2-3,9-13,18H2,1H3. The number of nitrogens with zero attached hydrogens (tertiary/aromatic N) is 1. The lowest BCUT2D eigenvalue weighted by molar-refractivity contribution is -0.133. The van der Waals surface area contributed by atoms with Crippen LogP contribution in [0.1, 0.15) is 44.6 Å². The summed E-state index contributed by atoms with van der Waals surface area (Å²) in [5, 5.41) is 0. The van der Waals surface area contributed by atoms with Crippen molar-refractivity contribution in [1.82, 2.24) is 4.90 Å². The van der Waals surface area contributed by atoms with Crippen molar-refractivity contribution in [3.63, 3.8) is 0 Å². The predicted molar refractivity (Wildman–Crippen MR) is 82.4 cm³/mol. The van der Waals surface area contributed by atoms with E-state index in [9.17, 15) is 4.79 Å². The number of unbranched alkanes of at least 4 members (excludes halogenated alkanes) is 1. The van der Waals surface area contributed by atoms with Gasteiger partial charge in [-0.2, -0.15) is 0 Å². The van der Waals surface area contributed by atoms with Crippen LogP contribution in [0.3, 0.4) is 0 Å². The summed E-state index contributed by atoms with van der Waals surface area (Å²) in [5.74, 6) is 0.150. The van der Waals surface area contributed by atoms with Gasteiger partial charge in [0, 0.05) is 12.6 Å². The Balaban J connectivity index is 1.83. The van der Waals surface area contributed by atoms with E-state index < -0.39 is 0 Å². The molecule has 0 aromatic heterocycles. The van der Waals surface area contributed by atoms with Gasteiger partial charge in [-0.1, -0.05) is 43.7 Å². The number of hydrogen-bond donors (Lipinski definition) is 1. The summed E-state index contributed by atoms with van der Waals surface area (Å²) in [4.78, 5) is 14.5. The Morgan fingerprint density at radius 1 is 1.35 bits per heavy atom. The predicted octanol–water partition coefficient (Wildman–Crippen LogP) is 2.74. The Morgan fingerprint density at radius 3 is 2.65 bits per heavy atom. The molecule has 1 aromatic carbocycles. The van der Waals surface area contributed by atoms with Crippen molar-refractivity contribution >= 4 is 5.91 Å². The number of hydrogen-bond acceptors (Lipinski definition) is 2. The quantitative estimate of drug-likeness (QED) is 0.792. The summed E-state index contributed by atoms with van der Waals surface area (Å²) in [5.41, 5.74) is 7.36. The lowest BCUT2D eigenvalue weighted by Crippen LogP contribution is -2.45. The molecule has 0 heterocycles. The van der Waals surface area contributed by atoms with Crippen molar-refractivity contribution < 1.29 is 4.79 Å². The Morgan fingerprint density at radius 2 is 2.05 bits per heavy atom. The first kappa shape index (κ1) is 15.0. The zero-order chi connectivity index (χ0) is 14.4. The third-order valence-electron chi connectivity index (χ3n) is 3.93. The topological polar surface area (TPSA) is 46.3 Å². The zero-order valence-electron chi connectivity index (χ0n) is 12.4. The number of carbonyl (C=O) groups excluding carboxylic acids is 1. The molecule has 3 heteroatoms. The van der Waals surface area contributed by atoms with Gasteiger partial charge < -0.3 is 10.6 Å². The van der Waals surface area contributed by atoms with Crippen LogP contribution in [0, 0.1) is 0 Å². The minimum absolute atomic E-state index is 0.150. The lowest BCUT2D eigenvalue weighted by Gasteiger charge is -2.25. The van der Waals surface area contributed by atoms with E-state index in [1.807, 2.05) is 23.1 Å². The molecular formula is C17H26N2O. The van der Waals surface area contributed by atoms with Crippen molar-refractivity contribution in [1.29, 1.82) is 0 Å². The van der Waals surface area contributed by atoms with Gasteiger partial charge in [0.25, 0.3) is 0 Å². The van der Waals surface area contributed by atoms with Crippen LogP contribution in [-0.4, -0.2) is 29.4 Å². The monoisotopic (exact) mass is 274 g/mol. The molecule has 1 fully saturated rings. The number of rotatable bonds is 8. The van der Waals surface area contributed by atoms with Gasteiger partial charge in [0.1, 0.15) is 0 Å². The Kier molecular flexibility index (Phi) is 5.60. The number of carbonyl (C=O) groups is 1. The number of amides is 1. The van der Waals surface area contributed by atoms with E-state index in [4.69, 9.17) is 5.73 Å². The van der Waals surface area contributed by atoms with E-state index in [0.29, 0.717) is 6.04 Å². The summed E-state index contributed by atoms with van der Waals surface area (Å²) >= 11 is 0. The van der Waals surface area contributed by atoms with Crippen LogP contribution >= 0.6 is 0 Å². The molecule has 0 spiro atoms. The largest absolute Gasteiger partial charge is 0.338 e. The van der Waals surface area contributed by atoms with Gasteiger partial charge in [0.15, 0.2) is 0 Å². The second kappa shape index (κ2) is 7.44. The number of benzene rings is 1. The average Bonchev–Trinajstić information content (AvgIpc) is 3.31. The van der Waals surface area contributed by atoms with Crippen LogP contribution in [0.5, 0.6) is 0 Å². The molecule has 1 aliphatic carbocycles. The summed E-state index contributed by atoms with van der Waals surface area (Å²) in [7, 11) is 0. The minimum Gasteiger partial charge on any atom is -0.338 e. The van der Waals surface area contributed by atoms with Crippen molar-refractivity contribution in [2.75, 3.05) is 6.54 Å². The molecular weight excluding hydrogens is 248 g/mol. The lowest BCUT2D eigenvalue weighted by atomic mass is 10.0. The molecule has 1 aromatic rings. The van der Waals surface area contributed by atoms with Crippen molar-refractivity contribution in [3.8, 4) is 0 Å². The molecule has 0 radical (unpaired) electrons. The van der Waals surface area contributed by atoms with E-state index in [2.05, 4.69) is 19.1 Å². The highest BCUT2D eigenvalue weighted by atomic mass is 16.2. The third kappa shape index (κ3) is 4.34. The molecule has 1 amide bonds. The summed E-state index contributed by atoms with van der Waals surface area (Å²) in [6.07, 6.45) is 6.11. The van der Waals surface area contributed by atoms with Gasteiger partial charge in [-0.05, 0) is 37.7 Å². The fourth-order valence-electron chi connectivity index (χ4n) is 2.49. The molecule has 0 saturated heterocycles. The Labute approximate surface area is 122 Å². The normalized spacial score (nSPS) is 15.9.